The fourth-order valence-electron chi connectivity index (χ4n) is 2.18. The van der Waals surface area contributed by atoms with Crippen molar-refractivity contribution in [2.75, 3.05) is 0 Å². The maximum absolute atomic E-state index is 11.5. The number of aliphatic carboxylic acids is 1. The van der Waals surface area contributed by atoms with E-state index in [-0.39, 0.29) is 12.2 Å². The molecule has 1 atom stereocenters. The van der Waals surface area contributed by atoms with E-state index in [4.69, 9.17) is 5.11 Å². The topological polar surface area (TPSA) is 74.6 Å². The van der Waals surface area contributed by atoms with Crippen LogP contribution in [0.5, 0.6) is 0 Å². The number of rotatable bonds is 15. The lowest BCUT2D eigenvalue weighted by Gasteiger charge is -2.04. The van der Waals surface area contributed by atoms with Gasteiger partial charge in [-0.3, -0.25) is 4.79 Å². The lowest BCUT2D eigenvalue weighted by atomic mass is 10.1. The molecule has 0 aliphatic carbocycles. The molecule has 0 fully saturated rings. The zero-order valence-electron chi connectivity index (χ0n) is 15.7. The Labute approximate surface area is 157 Å². The summed E-state index contributed by atoms with van der Waals surface area (Å²) < 4.78 is 0. The van der Waals surface area contributed by atoms with Crippen molar-refractivity contribution in [3.63, 3.8) is 0 Å². The molecular formula is C22H32O4. The fraction of sp³-hybridized carbons (Fsp3) is 0.455. The highest BCUT2D eigenvalue weighted by molar-refractivity contribution is 5.91. The van der Waals surface area contributed by atoms with Gasteiger partial charge in [0.2, 0.25) is 0 Å². The van der Waals surface area contributed by atoms with Crippen LogP contribution in [0.2, 0.25) is 0 Å². The number of unbranched alkanes of at least 4 members (excludes halogenated alkanes) is 5. The molecule has 1 unspecified atom stereocenters. The van der Waals surface area contributed by atoms with Crippen LogP contribution in [0.25, 0.3) is 0 Å². The van der Waals surface area contributed by atoms with Gasteiger partial charge in [0.1, 0.15) is 0 Å². The minimum absolute atomic E-state index is 0.0679. The highest BCUT2D eigenvalue weighted by Crippen LogP contribution is 2.09. The smallest absolute Gasteiger partial charge is 0.328 e. The van der Waals surface area contributed by atoms with E-state index < -0.39 is 12.1 Å². The summed E-state index contributed by atoms with van der Waals surface area (Å²) in [6.45, 7) is 2.20. The Hall–Kier alpha value is -2.20. The van der Waals surface area contributed by atoms with Crippen molar-refractivity contribution < 1.29 is 19.8 Å². The molecule has 4 nitrogen and oxygen atoms in total. The molecule has 0 bridgehead atoms. The van der Waals surface area contributed by atoms with E-state index in [1.165, 1.54) is 50.3 Å². The second kappa shape index (κ2) is 17.6. The summed E-state index contributed by atoms with van der Waals surface area (Å²) in [6.07, 6.45) is 23.6. The SMILES string of the molecule is CCCCCCCCC(O)C=CC=CC=CC(=O)CC=CC=CC(=O)O. The molecule has 0 saturated carbocycles. The summed E-state index contributed by atoms with van der Waals surface area (Å²) >= 11 is 0. The van der Waals surface area contributed by atoms with Crippen molar-refractivity contribution in [3.8, 4) is 0 Å². The second-order valence-electron chi connectivity index (χ2n) is 6.05. The Morgan fingerprint density at radius 2 is 1.50 bits per heavy atom. The van der Waals surface area contributed by atoms with Gasteiger partial charge in [-0.05, 0) is 12.5 Å². The molecule has 0 radical (unpaired) electrons. The number of hydrogen-bond acceptors (Lipinski definition) is 3. The molecule has 26 heavy (non-hydrogen) atoms. The lowest BCUT2D eigenvalue weighted by Crippen LogP contribution is -2.01. The Kier molecular flexibility index (Phi) is 16.1. The molecule has 4 heteroatoms. The van der Waals surface area contributed by atoms with E-state index in [1.54, 1.807) is 36.5 Å². The molecule has 0 aliphatic heterocycles. The van der Waals surface area contributed by atoms with E-state index in [9.17, 15) is 14.7 Å². The highest BCUT2D eigenvalue weighted by atomic mass is 16.4. The summed E-state index contributed by atoms with van der Waals surface area (Å²) in [6, 6.07) is 0. The van der Waals surface area contributed by atoms with Crippen LogP contribution < -0.4 is 0 Å². The van der Waals surface area contributed by atoms with Crippen LogP contribution in [-0.4, -0.2) is 28.1 Å². The maximum atomic E-state index is 11.5. The molecule has 0 aromatic rings. The van der Waals surface area contributed by atoms with Crippen molar-refractivity contribution in [2.45, 2.75) is 64.4 Å². The maximum Gasteiger partial charge on any atom is 0.328 e. The van der Waals surface area contributed by atoms with E-state index in [0.717, 1.165) is 18.9 Å². The summed E-state index contributed by atoms with van der Waals surface area (Å²) in [5, 5.41) is 18.2. The normalized spacial score (nSPS) is 13.8. The minimum Gasteiger partial charge on any atom is -0.478 e. The van der Waals surface area contributed by atoms with Crippen LogP contribution in [0.1, 0.15) is 58.3 Å². The van der Waals surface area contributed by atoms with E-state index >= 15 is 0 Å². The van der Waals surface area contributed by atoms with Crippen molar-refractivity contribution in [1.82, 2.24) is 0 Å². The number of carboxylic acid groups (broad SMARTS) is 1. The molecule has 0 spiro atoms. The Balaban J connectivity index is 3.85. The number of ketones is 1. The lowest BCUT2D eigenvalue weighted by molar-refractivity contribution is -0.131. The van der Waals surface area contributed by atoms with Crippen LogP contribution in [0.15, 0.2) is 60.8 Å². The largest absolute Gasteiger partial charge is 0.478 e. The van der Waals surface area contributed by atoms with Gasteiger partial charge in [0.05, 0.1) is 6.10 Å². The van der Waals surface area contributed by atoms with Gasteiger partial charge in [-0.15, -0.1) is 0 Å². The first kappa shape index (κ1) is 23.8. The van der Waals surface area contributed by atoms with E-state index in [1.807, 2.05) is 0 Å². The molecule has 0 aromatic heterocycles. The quantitative estimate of drug-likeness (QED) is 0.247. The first-order valence-corrected chi connectivity index (χ1v) is 9.34. The molecule has 0 amide bonds. The predicted octanol–water partition coefficient (Wildman–Crippen LogP) is 4.92. The van der Waals surface area contributed by atoms with Gasteiger partial charge in [0, 0.05) is 12.5 Å². The van der Waals surface area contributed by atoms with Crippen LogP contribution >= 0.6 is 0 Å². The van der Waals surface area contributed by atoms with Crippen LogP contribution in [0.4, 0.5) is 0 Å². The molecule has 0 saturated heterocycles. The summed E-state index contributed by atoms with van der Waals surface area (Å²) in [4.78, 5) is 21.8. The molecule has 0 aliphatic rings. The first-order valence-electron chi connectivity index (χ1n) is 9.34. The minimum atomic E-state index is -1.02. The average Bonchev–Trinajstić information content (AvgIpc) is 2.60. The Morgan fingerprint density at radius 3 is 2.23 bits per heavy atom. The monoisotopic (exact) mass is 360 g/mol. The number of carboxylic acids is 1. The van der Waals surface area contributed by atoms with Crippen molar-refractivity contribution >= 4 is 11.8 Å². The van der Waals surface area contributed by atoms with Crippen LogP contribution in [-0.2, 0) is 9.59 Å². The number of aliphatic hydroxyl groups excluding tert-OH is 1. The summed E-state index contributed by atoms with van der Waals surface area (Å²) in [5.41, 5.74) is 0. The number of hydrogen-bond donors (Lipinski definition) is 2. The molecule has 0 heterocycles. The standard InChI is InChI=1S/C22H32O4/c1-2-3-4-5-6-10-15-20(23)16-11-7-8-12-17-21(24)18-13-9-14-19-22(25)26/h7-9,11-14,16-17,19-20,23H,2-6,10,15,18H2,1H3,(H,25,26). The van der Waals surface area contributed by atoms with Gasteiger partial charge in [-0.2, -0.15) is 0 Å². The number of allylic oxidation sites excluding steroid dienone is 8. The van der Waals surface area contributed by atoms with E-state index in [2.05, 4.69) is 6.92 Å². The Morgan fingerprint density at radius 1 is 0.846 bits per heavy atom. The van der Waals surface area contributed by atoms with Gasteiger partial charge in [-0.1, -0.05) is 94.1 Å². The summed E-state index contributed by atoms with van der Waals surface area (Å²) in [7, 11) is 0. The van der Waals surface area contributed by atoms with Crippen molar-refractivity contribution in [3.05, 3.63) is 60.8 Å². The predicted molar refractivity (Wildman–Crippen MR) is 107 cm³/mol. The van der Waals surface area contributed by atoms with Gasteiger partial charge in [0.25, 0.3) is 0 Å². The average molecular weight is 360 g/mol. The number of aliphatic hydroxyl groups is 1. The molecule has 144 valence electrons. The van der Waals surface area contributed by atoms with Crippen LogP contribution in [0, 0.1) is 0 Å². The summed E-state index contributed by atoms with van der Waals surface area (Å²) in [5.74, 6) is -1.09. The first-order chi connectivity index (χ1) is 12.6. The molecular weight excluding hydrogens is 328 g/mol. The van der Waals surface area contributed by atoms with Crippen molar-refractivity contribution in [1.29, 1.82) is 0 Å². The van der Waals surface area contributed by atoms with Gasteiger partial charge in [0.15, 0.2) is 5.78 Å². The van der Waals surface area contributed by atoms with Gasteiger partial charge >= 0.3 is 5.97 Å². The third kappa shape index (κ3) is 18.1. The fourth-order valence-corrected chi connectivity index (χ4v) is 2.18. The number of carbonyl (C=O) groups is 2. The molecule has 0 aromatic carbocycles. The van der Waals surface area contributed by atoms with Gasteiger partial charge in [-0.25, -0.2) is 4.79 Å². The van der Waals surface area contributed by atoms with E-state index in [0.29, 0.717) is 0 Å². The van der Waals surface area contributed by atoms with Gasteiger partial charge < -0.3 is 10.2 Å². The molecule has 2 N–H and O–H groups in total. The zero-order chi connectivity index (χ0) is 19.5. The third-order valence-electron chi connectivity index (χ3n) is 3.61. The third-order valence-corrected chi connectivity index (χ3v) is 3.61. The Bertz CT molecular complexity index is 524. The van der Waals surface area contributed by atoms with Crippen molar-refractivity contribution in [2.24, 2.45) is 0 Å². The second-order valence-corrected chi connectivity index (χ2v) is 6.05. The highest BCUT2D eigenvalue weighted by Gasteiger charge is 1.98. The number of carbonyl (C=O) groups excluding carboxylic acids is 1. The molecule has 0 rings (SSSR count). The zero-order valence-corrected chi connectivity index (χ0v) is 15.7. The van der Waals surface area contributed by atoms with Crippen LogP contribution in [0.3, 0.4) is 0 Å².